The maximum absolute atomic E-state index is 14.2. The van der Waals surface area contributed by atoms with E-state index < -0.39 is 18.2 Å². The van der Waals surface area contributed by atoms with E-state index in [1.807, 2.05) is 0 Å². The number of alkyl halides is 2. The van der Waals surface area contributed by atoms with Gasteiger partial charge in [0, 0.05) is 36.0 Å². The highest BCUT2D eigenvalue weighted by Crippen LogP contribution is 2.34. The fraction of sp³-hybridized carbons (Fsp3) is 0.400. The summed E-state index contributed by atoms with van der Waals surface area (Å²) in [7, 11) is 0. The second kappa shape index (κ2) is 9.78. The normalized spacial score (nSPS) is 11.6. The molecular weight excluding hydrogens is 373 g/mol. The quantitative estimate of drug-likeness (QED) is 0.587. The molecule has 7 heteroatoms. The summed E-state index contributed by atoms with van der Waals surface area (Å²) < 4.78 is 41.2. The molecule has 0 fully saturated rings. The third kappa shape index (κ3) is 6.90. The summed E-state index contributed by atoms with van der Waals surface area (Å²) in [6.07, 6.45) is 1.98. The summed E-state index contributed by atoms with van der Waals surface area (Å²) in [5.74, 6) is -3.17. The second-order valence-corrected chi connectivity index (χ2v) is 7.75. The smallest absolute Gasteiger partial charge is 0.274 e. The number of carbonyl (C=O) groups excluding carboxylic acids is 1. The Labute approximate surface area is 161 Å². The maximum atomic E-state index is 14.2. The van der Waals surface area contributed by atoms with Crippen LogP contribution in [0.2, 0.25) is 0 Å². The van der Waals surface area contributed by atoms with E-state index in [-0.39, 0.29) is 17.2 Å². The molecule has 2 rings (SSSR count). The third-order valence-electron chi connectivity index (χ3n) is 3.94. The van der Waals surface area contributed by atoms with Crippen molar-refractivity contribution in [3.8, 4) is 0 Å². The molecule has 1 aromatic heterocycles. The van der Waals surface area contributed by atoms with Gasteiger partial charge in [-0.15, -0.1) is 11.8 Å². The van der Waals surface area contributed by atoms with Gasteiger partial charge in [-0.2, -0.15) is 0 Å². The second-order valence-electron chi connectivity index (χ2n) is 6.63. The van der Waals surface area contributed by atoms with Gasteiger partial charge in [0.1, 0.15) is 5.82 Å². The van der Waals surface area contributed by atoms with Crippen molar-refractivity contribution < 1.29 is 18.0 Å². The van der Waals surface area contributed by atoms with E-state index in [4.69, 9.17) is 0 Å². The van der Waals surface area contributed by atoms with E-state index in [1.54, 1.807) is 12.1 Å². The molecule has 0 radical (unpaired) electrons. The fourth-order valence-corrected chi connectivity index (χ4v) is 3.24. The lowest BCUT2D eigenvalue weighted by atomic mass is 10.1. The number of hydrogen-bond acceptors (Lipinski definition) is 3. The Morgan fingerprint density at radius 2 is 1.93 bits per heavy atom. The van der Waals surface area contributed by atoms with E-state index in [1.165, 1.54) is 6.20 Å². The molecule has 27 heavy (non-hydrogen) atoms. The van der Waals surface area contributed by atoms with Crippen molar-refractivity contribution in [1.82, 2.24) is 10.3 Å². The molecule has 1 aromatic carbocycles. The molecule has 0 saturated carbocycles. The molecule has 2 aromatic rings. The van der Waals surface area contributed by atoms with Crippen molar-refractivity contribution in [2.45, 2.75) is 37.6 Å². The zero-order chi connectivity index (χ0) is 19.9. The SMILES string of the molecule is CC(C)CCNC(=O)c1ccnc(SCCC(F)(F)c2ccc(F)cc2)c1. The lowest BCUT2D eigenvalue weighted by Crippen LogP contribution is -2.25. The van der Waals surface area contributed by atoms with Crippen molar-refractivity contribution in [3.05, 3.63) is 59.5 Å². The van der Waals surface area contributed by atoms with Crippen molar-refractivity contribution >= 4 is 17.7 Å². The molecule has 146 valence electrons. The largest absolute Gasteiger partial charge is 0.352 e. The number of amides is 1. The number of rotatable bonds is 9. The van der Waals surface area contributed by atoms with Crippen LogP contribution in [0.3, 0.4) is 0 Å². The number of hydrogen-bond donors (Lipinski definition) is 1. The molecule has 1 heterocycles. The minimum atomic E-state index is -3.05. The molecule has 0 aliphatic heterocycles. The Morgan fingerprint density at radius 3 is 2.59 bits per heavy atom. The van der Waals surface area contributed by atoms with Crippen LogP contribution in [0.1, 0.15) is 42.6 Å². The van der Waals surface area contributed by atoms with Crippen LogP contribution < -0.4 is 5.32 Å². The lowest BCUT2D eigenvalue weighted by Gasteiger charge is -2.16. The average Bonchev–Trinajstić information content (AvgIpc) is 2.62. The zero-order valence-electron chi connectivity index (χ0n) is 15.3. The minimum absolute atomic E-state index is 0.121. The molecule has 0 spiro atoms. The number of nitrogens with zero attached hydrogens (tertiary/aromatic N) is 1. The van der Waals surface area contributed by atoms with Crippen LogP contribution in [-0.2, 0) is 5.92 Å². The highest BCUT2D eigenvalue weighted by molar-refractivity contribution is 7.99. The van der Waals surface area contributed by atoms with Gasteiger partial charge in [-0.1, -0.05) is 26.0 Å². The Kier molecular flexibility index (Phi) is 7.71. The molecule has 0 aliphatic rings. The topological polar surface area (TPSA) is 42.0 Å². The highest BCUT2D eigenvalue weighted by atomic mass is 32.2. The van der Waals surface area contributed by atoms with Crippen LogP contribution in [0.5, 0.6) is 0 Å². The summed E-state index contributed by atoms with van der Waals surface area (Å²) in [6, 6.07) is 7.45. The van der Waals surface area contributed by atoms with Crippen LogP contribution in [0.4, 0.5) is 13.2 Å². The summed E-state index contributed by atoms with van der Waals surface area (Å²) in [5, 5.41) is 3.35. The summed E-state index contributed by atoms with van der Waals surface area (Å²) >= 11 is 1.16. The molecule has 1 N–H and O–H groups in total. The molecule has 3 nitrogen and oxygen atoms in total. The van der Waals surface area contributed by atoms with Gasteiger partial charge >= 0.3 is 0 Å². The summed E-state index contributed by atoms with van der Waals surface area (Å²) in [4.78, 5) is 16.2. The van der Waals surface area contributed by atoms with Gasteiger partial charge in [0.2, 0.25) is 0 Å². The monoisotopic (exact) mass is 396 g/mol. The Balaban J connectivity index is 1.88. The molecule has 0 saturated heterocycles. The number of pyridine rings is 1. The Bertz CT molecular complexity index is 751. The molecule has 0 unspecified atom stereocenters. The highest BCUT2D eigenvalue weighted by Gasteiger charge is 2.30. The predicted molar refractivity (Wildman–Crippen MR) is 102 cm³/mol. The summed E-state index contributed by atoms with van der Waals surface area (Å²) in [6.45, 7) is 4.75. The van der Waals surface area contributed by atoms with E-state index >= 15 is 0 Å². The molecule has 1 amide bonds. The van der Waals surface area contributed by atoms with E-state index in [2.05, 4.69) is 24.1 Å². The number of halogens is 3. The van der Waals surface area contributed by atoms with E-state index in [0.717, 1.165) is 42.4 Å². The van der Waals surface area contributed by atoms with E-state index in [9.17, 15) is 18.0 Å². The van der Waals surface area contributed by atoms with Crippen LogP contribution in [0, 0.1) is 11.7 Å². The van der Waals surface area contributed by atoms with Crippen LogP contribution in [0.25, 0.3) is 0 Å². The zero-order valence-corrected chi connectivity index (χ0v) is 16.2. The lowest BCUT2D eigenvalue weighted by molar-refractivity contribution is -0.00707. The van der Waals surface area contributed by atoms with Crippen LogP contribution >= 0.6 is 11.8 Å². The third-order valence-corrected chi connectivity index (χ3v) is 4.86. The van der Waals surface area contributed by atoms with Gasteiger partial charge < -0.3 is 5.32 Å². The Hall–Kier alpha value is -2.02. The van der Waals surface area contributed by atoms with Gasteiger partial charge in [0.25, 0.3) is 11.8 Å². The number of thioether (sulfide) groups is 1. The fourth-order valence-electron chi connectivity index (χ4n) is 2.33. The molecule has 0 atom stereocenters. The first-order valence-electron chi connectivity index (χ1n) is 8.79. The van der Waals surface area contributed by atoms with Gasteiger partial charge in [-0.25, -0.2) is 18.2 Å². The minimum Gasteiger partial charge on any atom is -0.352 e. The number of benzene rings is 1. The molecule has 0 bridgehead atoms. The molecular formula is C20H23F3N2OS. The predicted octanol–water partition coefficient (Wildman–Crippen LogP) is 5.27. The standard InChI is InChI=1S/C20H23F3N2OS/c1-14(2)7-10-25-19(26)15-8-11-24-18(13-15)27-12-9-20(22,23)16-3-5-17(21)6-4-16/h3-6,8,11,13-14H,7,9-10,12H2,1-2H3,(H,25,26). The Morgan fingerprint density at radius 1 is 1.22 bits per heavy atom. The maximum Gasteiger partial charge on any atom is 0.274 e. The average molecular weight is 396 g/mol. The first kappa shape index (κ1) is 21.3. The van der Waals surface area contributed by atoms with Crippen LogP contribution in [0.15, 0.2) is 47.6 Å². The first-order valence-corrected chi connectivity index (χ1v) is 9.77. The number of nitrogens with one attached hydrogen (secondary N) is 1. The number of aromatic nitrogens is 1. The van der Waals surface area contributed by atoms with E-state index in [0.29, 0.717) is 23.1 Å². The van der Waals surface area contributed by atoms with Gasteiger partial charge in [-0.05, 0) is 36.6 Å². The van der Waals surface area contributed by atoms with Crippen molar-refractivity contribution in [2.75, 3.05) is 12.3 Å². The number of carbonyl (C=O) groups is 1. The van der Waals surface area contributed by atoms with Crippen molar-refractivity contribution in [1.29, 1.82) is 0 Å². The van der Waals surface area contributed by atoms with Gasteiger partial charge in [0.15, 0.2) is 0 Å². The van der Waals surface area contributed by atoms with Crippen molar-refractivity contribution in [2.24, 2.45) is 5.92 Å². The van der Waals surface area contributed by atoms with Crippen LogP contribution in [-0.4, -0.2) is 23.2 Å². The first-order chi connectivity index (χ1) is 12.8. The van der Waals surface area contributed by atoms with Crippen molar-refractivity contribution in [3.63, 3.8) is 0 Å². The van der Waals surface area contributed by atoms with Gasteiger partial charge in [-0.3, -0.25) is 4.79 Å². The van der Waals surface area contributed by atoms with Gasteiger partial charge in [0.05, 0.1) is 5.03 Å². The molecule has 0 aliphatic carbocycles. The summed E-state index contributed by atoms with van der Waals surface area (Å²) in [5.41, 5.74) is 0.247.